The highest BCUT2D eigenvalue weighted by molar-refractivity contribution is 7.13. The number of anilines is 1. The predicted molar refractivity (Wildman–Crippen MR) is 104 cm³/mol. The van der Waals surface area contributed by atoms with Crippen LogP contribution in [0.25, 0.3) is 0 Å². The fourth-order valence-electron chi connectivity index (χ4n) is 2.43. The zero-order chi connectivity index (χ0) is 22.8. The van der Waals surface area contributed by atoms with E-state index in [-0.39, 0.29) is 16.4 Å². The van der Waals surface area contributed by atoms with E-state index in [1.54, 1.807) is 13.8 Å². The van der Waals surface area contributed by atoms with E-state index in [0.29, 0.717) is 23.0 Å². The maximum absolute atomic E-state index is 12.9. The van der Waals surface area contributed by atoms with Gasteiger partial charge < -0.3 is 15.7 Å². The van der Waals surface area contributed by atoms with E-state index in [1.165, 1.54) is 18.6 Å². The number of aryl methyl sites for hydroxylation is 1. The van der Waals surface area contributed by atoms with Crippen molar-refractivity contribution in [2.75, 3.05) is 5.32 Å². The smallest absolute Gasteiger partial charge is 0.420 e. The number of pyridine rings is 1. The molecule has 9 nitrogen and oxygen atoms in total. The first-order chi connectivity index (χ1) is 14.5. The molecule has 0 spiro atoms. The second-order valence-electron chi connectivity index (χ2n) is 6.34. The Morgan fingerprint density at radius 1 is 1.10 bits per heavy atom. The van der Waals surface area contributed by atoms with Crippen molar-refractivity contribution in [1.29, 1.82) is 0 Å². The van der Waals surface area contributed by atoms with E-state index in [1.807, 2.05) is 0 Å². The van der Waals surface area contributed by atoms with Gasteiger partial charge in [0.1, 0.15) is 39.0 Å². The highest BCUT2D eigenvalue weighted by Crippen LogP contribution is 2.36. The first-order valence-corrected chi connectivity index (χ1v) is 9.49. The topological polar surface area (TPSA) is 130 Å². The number of rotatable bonds is 5. The quantitative estimate of drug-likeness (QED) is 0.542. The summed E-state index contributed by atoms with van der Waals surface area (Å²) in [6, 6.07) is 1.49. The summed E-state index contributed by atoms with van der Waals surface area (Å²) in [6.45, 7) is 3.37. The minimum Gasteiger partial charge on any atom is -0.506 e. The van der Waals surface area contributed by atoms with Gasteiger partial charge in [0.25, 0.3) is 11.8 Å². The number of aromatic nitrogens is 4. The van der Waals surface area contributed by atoms with Crippen LogP contribution in [-0.2, 0) is 6.18 Å². The molecule has 0 aliphatic rings. The van der Waals surface area contributed by atoms with Gasteiger partial charge in [-0.25, -0.2) is 19.9 Å². The van der Waals surface area contributed by atoms with Crippen molar-refractivity contribution in [2.24, 2.45) is 0 Å². The number of thiazole rings is 1. The summed E-state index contributed by atoms with van der Waals surface area (Å²) in [5, 5.41) is 14.6. The Morgan fingerprint density at radius 3 is 2.52 bits per heavy atom. The van der Waals surface area contributed by atoms with Crippen LogP contribution in [0, 0.1) is 6.92 Å². The average molecular weight is 452 g/mol. The van der Waals surface area contributed by atoms with Crippen LogP contribution in [0.5, 0.6) is 5.75 Å². The molecule has 1 atom stereocenters. The number of hydrogen-bond acceptors (Lipinski definition) is 8. The molecule has 2 amide bonds. The van der Waals surface area contributed by atoms with Gasteiger partial charge in [-0.3, -0.25) is 9.59 Å². The van der Waals surface area contributed by atoms with Crippen molar-refractivity contribution in [2.45, 2.75) is 26.1 Å². The molecular formula is C18H15F3N6O3S. The average Bonchev–Trinajstić information content (AvgIpc) is 3.19. The molecule has 0 radical (unpaired) electrons. The van der Waals surface area contributed by atoms with E-state index in [2.05, 4.69) is 30.6 Å². The second kappa shape index (κ2) is 8.63. The molecule has 3 N–H and O–H groups in total. The van der Waals surface area contributed by atoms with E-state index in [9.17, 15) is 27.9 Å². The van der Waals surface area contributed by atoms with Crippen LogP contribution in [0.3, 0.4) is 0 Å². The Morgan fingerprint density at radius 2 is 1.84 bits per heavy atom. The number of amides is 2. The molecule has 3 heterocycles. The van der Waals surface area contributed by atoms with Crippen LogP contribution in [0.4, 0.5) is 19.0 Å². The number of nitrogens with one attached hydrogen (secondary N) is 2. The Balaban J connectivity index is 1.69. The lowest BCUT2D eigenvalue weighted by molar-refractivity contribution is -0.138. The number of aromatic hydroxyl groups is 1. The van der Waals surface area contributed by atoms with Crippen molar-refractivity contribution in [3.05, 3.63) is 57.7 Å². The van der Waals surface area contributed by atoms with E-state index < -0.39 is 35.3 Å². The first-order valence-electron chi connectivity index (χ1n) is 8.67. The summed E-state index contributed by atoms with van der Waals surface area (Å²) in [5.74, 6) is -2.62. The highest BCUT2D eigenvalue weighted by Gasteiger charge is 2.34. The summed E-state index contributed by atoms with van der Waals surface area (Å²) in [6.07, 6.45) is -1.71. The van der Waals surface area contributed by atoms with Gasteiger partial charge in [0, 0.05) is 5.69 Å². The number of nitrogens with zero attached hydrogens (tertiary/aromatic N) is 4. The summed E-state index contributed by atoms with van der Waals surface area (Å²) < 4.78 is 38.6. The Hall–Kier alpha value is -3.61. The van der Waals surface area contributed by atoms with Gasteiger partial charge in [-0.05, 0) is 26.0 Å². The van der Waals surface area contributed by atoms with Crippen LogP contribution in [0.15, 0.2) is 30.9 Å². The molecule has 0 bridgehead atoms. The standard InChI is InChI=1S/C18H15F3N6O3S/c1-8-3-11(25-7-24-8)15(29)26-9(2)17-23-6-13(31-17)16(30)27-14-4-10(18(19,20)21)12(28)5-22-14/h3-7,9,28H,1-2H3,(H,26,29)(H,22,27,30). The molecule has 3 aromatic heterocycles. The lowest BCUT2D eigenvalue weighted by Crippen LogP contribution is -2.27. The highest BCUT2D eigenvalue weighted by atomic mass is 32.1. The number of halogens is 3. The minimum absolute atomic E-state index is 0.0948. The lowest BCUT2D eigenvalue weighted by atomic mass is 10.2. The summed E-state index contributed by atoms with van der Waals surface area (Å²) in [4.78, 5) is 40.2. The van der Waals surface area contributed by atoms with Crippen LogP contribution < -0.4 is 10.6 Å². The van der Waals surface area contributed by atoms with Gasteiger partial charge >= 0.3 is 6.18 Å². The summed E-state index contributed by atoms with van der Waals surface area (Å²) >= 11 is 0.952. The maximum atomic E-state index is 12.9. The molecule has 13 heteroatoms. The monoisotopic (exact) mass is 452 g/mol. The van der Waals surface area contributed by atoms with E-state index in [4.69, 9.17) is 0 Å². The van der Waals surface area contributed by atoms with Gasteiger partial charge in [-0.2, -0.15) is 13.2 Å². The molecule has 0 fully saturated rings. The van der Waals surface area contributed by atoms with Crippen molar-refractivity contribution in [1.82, 2.24) is 25.3 Å². The number of carbonyl (C=O) groups excluding carboxylic acids is 2. The van der Waals surface area contributed by atoms with Crippen molar-refractivity contribution >= 4 is 29.0 Å². The van der Waals surface area contributed by atoms with Crippen LogP contribution in [0.1, 0.15) is 49.4 Å². The second-order valence-corrected chi connectivity index (χ2v) is 7.40. The van der Waals surface area contributed by atoms with Crippen LogP contribution in [-0.4, -0.2) is 36.9 Å². The summed E-state index contributed by atoms with van der Waals surface area (Å²) in [7, 11) is 0. The molecule has 162 valence electrons. The van der Waals surface area contributed by atoms with Crippen LogP contribution >= 0.6 is 11.3 Å². The predicted octanol–water partition coefficient (Wildman–Crippen LogP) is 3.10. The molecule has 0 aromatic carbocycles. The van der Waals surface area contributed by atoms with Gasteiger partial charge in [-0.15, -0.1) is 11.3 Å². The largest absolute Gasteiger partial charge is 0.506 e. The number of hydrogen-bond donors (Lipinski definition) is 3. The fraction of sp³-hybridized carbons (Fsp3) is 0.222. The van der Waals surface area contributed by atoms with Crippen molar-refractivity contribution in [3.8, 4) is 5.75 Å². The Bertz CT molecular complexity index is 1130. The third kappa shape index (κ3) is 5.31. The number of alkyl halides is 3. The van der Waals surface area contributed by atoms with Crippen LogP contribution in [0.2, 0.25) is 0 Å². The third-order valence-corrected chi connectivity index (χ3v) is 5.11. The molecule has 31 heavy (non-hydrogen) atoms. The van der Waals surface area contributed by atoms with E-state index in [0.717, 1.165) is 11.3 Å². The van der Waals surface area contributed by atoms with Crippen molar-refractivity contribution < 1.29 is 27.9 Å². The fourth-order valence-corrected chi connectivity index (χ4v) is 3.24. The molecular weight excluding hydrogens is 437 g/mol. The molecule has 3 aromatic rings. The molecule has 0 saturated heterocycles. The van der Waals surface area contributed by atoms with Gasteiger partial charge in [0.15, 0.2) is 0 Å². The Kier molecular flexibility index (Phi) is 6.15. The minimum atomic E-state index is -4.81. The first kappa shape index (κ1) is 22.1. The van der Waals surface area contributed by atoms with Crippen molar-refractivity contribution in [3.63, 3.8) is 0 Å². The molecule has 1 unspecified atom stereocenters. The zero-order valence-electron chi connectivity index (χ0n) is 16.1. The maximum Gasteiger partial charge on any atom is 0.420 e. The molecule has 0 saturated carbocycles. The van der Waals surface area contributed by atoms with Gasteiger partial charge in [0.2, 0.25) is 0 Å². The molecule has 0 aliphatic carbocycles. The third-order valence-electron chi connectivity index (χ3n) is 3.93. The SMILES string of the molecule is Cc1cc(C(=O)NC(C)c2ncc(C(=O)Nc3cc(C(F)(F)F)c(O)cn3)s2)ncn1. The molecule has 0 aliphatic heterocycles. The normalized spacial score (nSPS) is 12.3. The van der Waals surface area contributed by atoms with E-state index >= 15 is 0 Å². The van der Waals surface area contributed by atoms with Gasteiger partial charge in [-0.1, -0.05) is 0 Å². The summed E-state index contributed by atoms with van der Waals surface area (Å²) in [5.41, 5.74) is -0.524. The zero-order valence-corrected chi connectivity index (χ0v) is 16.9. The Labute approximate surface area is 177 Å². The lowest BCUT2D eigenvalue weighted by Gasteiger charge is -2.11. The van der Waals surface area contributed by atoms with Gasteiger partial charge in [0.05, 0.1) is 18.4 Å². The molecule has 3 rings (SSSR count). The number of carbonyl (C=O) groups is 2.